The summed E-state index contributed by atoms with van der Waals surface area (Å²) in [7, 11) is 0. The van der Waals surface area contributed by atoms with E-state index in [4.69, 9.17) is 9.84 Å². The van der Waals surface area contributed by atoms with Crippen LogP contribution in [0.5, 0.6) is 0 Å². The van der Waals surface area contributed by atoms with Gasteiger partial charge in [-0.2, -0.15) is 0 Å². The second kappa shape index (κ2) is 5.04. The van der Waals surface area contributed by atoms with Crippen molar-refractivity contribution in [3.63, 3.8) is 0 Å². The second-order valence-electron chi connectivity index (χ2n) is 5.02. The molecule has 0 radical (unpaired) electrons. The molecule has 5 heteroatoms. The Kier molecular flexibility index (Phi) is 3.66. The van der Waals surface area contributed by atoms with E-state index in [0.29, 0.717) is 26.1 Å². The Morgan fingerprint density at radius 3 is 2.71 bits per heavy atom. The molecule has 17 heavy (non-hydrogen) atoms. The minimum absolute atomic E-state index is 0.0269. The Morgan fingerprint density at radius 2 is 2.12 bits per heavy atom. The molecule has 2 rings (SSSR count). The molecule has 2 fully saturated rings. The number of ether oxygens (including phenoxy) is 1. The first kappa shape index (κ1) is 12.4. The molecule has 1 N–H and O–H groups in total. The third-order valence-corrected chi connectivity index (χ3v) is 3.71. The number of aliphatic carboxylic acids is 1. The van der Waals surface area contributed by atoms with Crippen LogP contribution >= 0.6 is 0 Å². The van der Waals surface area contributed by atoms with Gasteiger partial charge < -0.3 is 14.7 Å². The molecular formula is C12H19NO4. The summed E-state index contributed by atoms with van der Waals surface area (Å²) in [4.78, 5) is 24.8. The predicted octanol–water partition coefficient (Wildman–Crippen LogP) is 0.735. The van der Waals surface area contributed by atoms with Gasteiger partial charge in [-0.25, -0.2) is 0 Å². The van der Waals surface area contributed by atoms with E-state index in [-0.39, 0.29) is 17.9 Å². The van der Waals surface area contributed by atoms with Gasteiger partial charge in [-0.05, 0) is 25.2 Å². The van der Waals surface area contributed by atoms with Gasteiger partial charge in [0, 0.05) is 19.7 Å². The van der Waals surface area contributed by atoms with Crippen LogP contribution in [0.1, 0.15) is 26.2 Å². The normalized spacial score (nSPS) is 33.7. The third-order valence-electron chi connectivity index (χ3n) is 3.71. The minimum Gasteiger partial charge on any atom is -0.481 e. The molecule has 2 saturated heterocycles. The standard InChI is InChI=1S/C12H19NO4/c1-8-4-6-17-10(8)11(14)13-5-2-3-9(7-13)12(15)16/h8-10H,2-7H2,1H3,(H,15,16)/t8?,9-,10?/m1/s1. The molecule has 2 aliphatic rings. The maximum atomic E-state index is 12.2. The van der Waals surface area contributed by atoms with Crippen LogP contribution in [0, 0.1) is 11.8 Å². The Labute approximate surface area is 101 Å². The fourth-order valence-corrected chi connectivity index (χ4v) is 2.57. The van der Waals surface area contributed by atoms with Crippen molar-refractivity contribution < 1.29 is 19.4 Å². The van der Waals surface area contributed by atoms with E-state index < -0.39 is 11.9 Å². The average Bonchev–Trinajstić information content (AvgIpc) is 2.74. The van der Waals surface area contributed by atoms with E-state index in [1.165, 1.54) is 0 Å². The lowest BCUT2D eigenvalue weighted by Gasteiger charge is -2.33. The summed E-state index contributed by atoms with van der Waals surface area (Å²) in [6, 6.07) is 0. The van der Waals surface area contributed by atoms with Crippen LogP contribution in [0.15, 0.2) is 0 Å². The SMILES string of the molecule is CC1CCOC1C(=O)N1CCC[C@@H](C(=O)O)C1. The quantitative estimate of drug-likeness (QED) is 0.774. The molecule has 5 nitrogen and oxygen atoms in total. The van der Waals surface area contributed by atoms with Gasteiger partial charge >= 0.3 is 5.97 Å². The zero-order valence-electron chi connectivity index (χ0n) is 10.1. The molecule has 0 aromatic rings. The molecule has 2 unspecified atom stereocenters. The number of carbonyl (C=O) groups excluding carboxylic acids is 1. The van der Waals surface area contributed by atoms with Crippen LogP contribution < -0.4 is 0 Å². The van der Waals surface area contributed by atoms with Gasteiger partial charge in [-0.3, -0.25) is 9.59 Å². The van der Waals surface area contributed by atoms with Gasteiger partial charge in [0.05, 0.1) is 5.92 Å². The van der Waals surface area contributed by atoms with Crippen LogP contribution in [-0.2, 0) is 14.3 Å². The summed E-state index contributed by atoms with van der Waals surface area (Å²) in [5.41, 5.74) is 0. The fourth-order valence-electron chi connectivity index (χ4n) is 2.57. The monoisotopic (exact) mass is 241 g/mol. The smallest absolute Gasteiger partial charge is 0.308 e. The molecule has 1 amide bonds. The van der Waals surface area contributed by atoms with Crippen molar-refractivity contribution in [3.05, 3.63) is 0 Å². The molecule has 0 aromatic carbocycles. The number of carbonyl (C=O) groups is 2. The van der Waals surface area contributed by atoms with Crippen LogP contribution in [0.25, 0.3) is 0 Å². The first-order chi connectivity index (χ1) is 8.09. The third kappa shape index (κ3) is 2.60. The highest BCUT2D eigenvalue weighted by atomic mass is 16.5. The number of likely N-dealkylation sites (tertiary alicyclic amines) is 1. The van der Waals surface area contributed by atoms with Crippen molar-refractivity contribution in [2.45, 2.75) is 32.3 Å². The maximum absolute atomic E-state index is 12.2. The molecule has 0 bridgehead atoms. The minimum atomic E-state index is -0.803. The molecule has 0 saturated carbocycles. The fraction of sp³-hybridized carbons (Fsp3) is 0.833. The summed E-state index contributed by atoms with van der Waals surface area (Å²) in [6.07, 6.45) is 1.99. The van der Waals surface area contributed by atoms with Gasteiger partial charge in [-0.1, -0.05) is 6.92 Å². The van der Waals surface area contributed by atoms with E-state index >= 15 is 0 Å². The Balaban J connectivity index is 1.97. The number of hydrogen-bond acceptors (Lipinski definition) is 3. The molecule has 3 atom stereocenters. The van der Waals surface area contributed by atoms with Crippen LogP contribution in [0.4, 0.5) is 0 Å². The van der Waals surface area contributed by atoms with Crippen LogP contribution in [-0.4, -0.2) is 47.7 Å². The van der Waals surface area contributed by atoms with Gasteiger partial charge in [0.25, 0.3) is 5.91 Å². The first-order valence-electron chi connectivity index (χ1n) is 6.23. The number of nitrogens with zero attached hydrogens (tertiary/aromatic N) is 1. The number of carboxylic acid groups (broad SMARTS) is 1. The number of amides is 1. The summed E-state index contributed by atoms with van der Waals surface area (Å²) < 4.78 is 5.44. The number of hydrogen-bond donors (Lipinski definition) is 1. The molecule has 0 spiro atoms. The van der Waals surface area contributed by atoms with E-state index in [0.717, 1.165) is 12.8 Å². The highest BCUT2D eigenvalue weighted by Gasteiger charge is 2.36. The summed E-state index contributed by atoms with van der Waals surface area (Å²) in [6.45, 7) is 3.64. The van der Waals surface area contributed by atoms with Crippen LogP contribution in [0.3, 0.4) is 0 Å². The second-order valence-corrected chi connectivity index (χ2v) is 5.02. The van der Waals surface area contributed by atoms with E-state index in [1.54, 1.807) is 4.90 Å². The topological polar surface area (TPSA) is 66.8 Å². The molecule has 0 aromatic heterocycles. The van der Waals surface area contributed by atoms with Crippen LogP contribution in [0.2, 0.25) is 0 Å². The van der Waals surface area contributed by atoms with E-state index in [1.807, 2.05) is 6.92 Å². The van der Waals surface area contributed by atoms with Crippen molar-refractivity contribution >= 4 is 11.9 Å². The average molecular weight is 241 g/mol. The summed E-state index contributed by atoms with van der Waals surface area (Å²) >= 11 is 0. The van der Waals surface area contributed by atoms with Crippen molar-refractivity contribution in [1.82, 2.24) is 4.90 Å². The largest absolute Gasteiger partial charge is 0.481 e. The summed E-state index contributed by atoms with van der Waals surface area (Å²) in [5.74, 6) is -0.999. The Bertz CT molecular complexity index is 318. The van der Waals surface area contributed by atoms with Crippen molar-refractivity contribution in [3.8, 4) is 0 Å². The van der Waals surface area contributed by atoms with Gasteiger partial charge in [0.2, 0.25) is 0 Å². The molecule has 2 aliphatic heterocycles. The lowest BCUT2D eigenvalue weighted by atomic mass is 9.96. The number of rotatable bonds is 2. The molecule has 2 heterocycles. The predicted molar refractivity (Wildman–Crippen MR) is 60.5 cm³/mol. The van der Waals surface area contributed by atoms with Crippen molar-refractivity contribution in [2.24, 2.45) is 11.8 Å². The first-order valence-corrected chi connectivity index (χ1v) is 6.23. The van der Waals surface area contributed by atoms with Gasteiger partial charge in [-0.15, -0.1) is 0 Å². The highest BCUT2D eigenvalue weighted by Crippen LogP contribution is 2.24. The van der Waals surface area contributed by atoms with Gasteiger partial charge in [0.1, 0.15) is 6.10 Å². The van der Waals surface area contributed by atoms with E-state index in [9.17, 15) is 9.59 Å². The van der Waals surface area contributed by atoms with Crippen molar-refractivity contribution in [2.75, 3.05) is 19.7 Å². The molecular weight excluding hydrogens is 222 g/mol. The molecule has 0 aliphatic carbocycles. The van der Waals surface area contributed by atoms with Crippen molar-refractivity contribution in [1.29, 1.82) is 0 Å². The highest BCUT2D eigenvalue weighted by molar-refractivity contribution is 5.82. The van der Waals surface area contributed by atoms with Gasteiger partial charge in [0.15, 0.2) is 0 Å². The number of piperidine rings is 1. The Hall–Kier alpha value is -1.10. The lowest BCUT2D eigenvalue weighted by Crippen LogP contribution is -2.47. The lowest BCUT2D eigenvalue weighted by molar-refractivity contribution is -0.149. The maximum Gasteiger partial charge on any atom is 0.308 e. The molecule has 96 valence electrons. The summed E-state index contributed by atoms with van der Waals surface area (Å²) in [5, 5.41) is 8.99. The zero-order valence-corrected chi connectivity index (χ0v) is 10.1. The Morgan fingerprint density at radius 1 is 1.35 bits per heavy atom. The number of carboxylic acids is 1. The zero-order chi connectivity index (χ0) is 12.4. The van der Waals surface area contributed by atoms with E-state index in [2.05, 4.69) is 0 Å².